The quantitative estimate of drug-likeness (QED) is 0.496. The summed E-state index contributed by atoms with van der Waals surface area (Å²) in [5.74, 6) is -0.261. The van der Waals surface area contributed by atoms with E-state index < -0.39 is 5.79 Å². The Kier molecular flexibility index (Phi) is 5.08. The van der Waals surface area contributed by atoms with Gasteiger partial charge >= 0.3 is 0 Å². The number of ether oxygens (including phenoxy) is 2. The molecule has 1 atom stereocenters. The highest BCUT2D eigenvalue weighted by Crippen LogP contribution is 2.46. The molecule has 28 heavy (non-hydrogen) atoms. The van der Waals surface area contributed by atoms with Crippen molar-refractivity contribution in [3.63, 3.8) is 0 Å². The third-order valence-corrected chi connectivity index (χ3v) is 5.33. The van der Waals surface area contributed by atoms with Crippen LogP contribution < -0.4 is 0 Å². The SMILES string of the molecule is COC1(c2ccccc2)OC(c2ccc(Cl)cc2)=CC(c2ccccc2)=C1C. The minimum Gasteiger partial charge on any atom is -0.453 e. The Morgan fingerprint density at radius 1 is 0.786 bits per heavy atom. The Bertz CT molecular complexity index is 1020. The van der Waals surface area contributed by atoms with E-state index in [-0.39, 0.29) is 0 Å². The number of halogens is 1. The summed E-state index contributed by atoms with van der Waals surface area (Å²) >= 11 is 6.08. The van der Waals surface area contributed by atoms with E-state index in [1.54, 1.807) is 7.11 Å². The lowest BCUT2D eigenvalue weighted by Crippen LogP contribution is -2.35. The lowest BCUT2D eigenvalue weighted by molar-refractivity contribution is -0.160. The minimum atomic E-state index is -1.00. The molecule has 0 amide bonds. The van der Waals surface area contributed by atoms with Gasteiger partial charge in [-0.25, -0.2) is 0 Å². The number of rotatable bonds is 4. The molecule has 0 N–H and O–H groups in total. The van der Waals surface area contributed by atoms with Gasteiger partial charge in [-0.1, -0.05) is 72.3 Å². The van der Waals surface area contributed by atoms with Crippen molar-refractivity contribution in [1.29, 1.82) is 0 Å². The summed E-state index contributed by atoms with van der Waals surface area (Å²) in [5, 5.41) is 0.691. The Balaban J connectivity index is 1.94. The van der Waals surface area contributed by atoms with Crippen molar-refractivity contribution in [3.8, 4) is 0 Å². The zero-order valence-electron chi connectivity index (χ0n) is 15.9. The van der Waals surface area contributed by atoms with Gasteiger partial charge in [0.25, 0.3) is 5.79 Å². The first-order chi connectivity index (χ1) is 13.6. The molecule has 3 heteroatoms. The fourth-order valence-electron chi connectivity index (χ4n) is 3.60. The lowest BCUT2D eigenvalue weighted by atomic mass is 9.87. The van der Waals surface area contributed by atoms with Gasteiger partial charge in [0.2, 0.25) is 0 Å². The second-order valence-electron chi connectivity index (χ2n) is 6.71. The molecule has 3 aromatic rings. The Labute approximate surface area is 170 Å². The van der Waals surface area contributed by atoms with Crippen molar-refractivity contribution < 1.29 is 9.47 Å². The monoisotopic (exact) mass is 388 g/mol. The van der Waals surface area contributed by atoms with Crippen LogP contribution in [0, 0.1) is 0 Å². The van der Waals surface area contributed by atoms with Crippen LogP contribution in [-0.2, 0) is 15.3 Å². The predicted molar refractivity (Wildman–Crippen MR) is 115 cm³/mol. The summed E-state index contributed by atoms with van der Waals surface area (Å²) < 4.78 is 12.6. The second kappa shape index (κ2) is 7.67. The van der Waals surface area contributed by atoms with Crippen molar-refractivity contribution in [2.45, 2.75) is 12.7 Å². The highest BCUT2D eigenvalue weighted by molar-refractivity contribution is 6.30. The lowest BCUT2D eigenvalue weighted by Gasteiger charge is -2.39. The third-order valence-electron chi connectivity index (χ3n) is 5.08. The molecule has 1 heterocycles. The highest BCUT2D eigenvalue weighted by atomic mass is 35.5. The van der Waals surface area contributed by atoms with Crippen molar-refractivity contribution in [3.05, 3.63) is 118 Å². The largest absolute Gasteiger partial charge is 0.453 e. The number of methoxy groups -OCH3 is 1. The molecular formula is C25H21ClO2. The normalized spacial score (nSPS) is 19.2. The number of benzene rings is 3. The van der Waals surface area contributed by atoms with Gasteiger partial charge in [-0.15, -0.1) is 0 Å². The van der Waals surface area contributed by atoms with Crippen molar-refractivity contribution in [2.24, 2.45) is 0 Å². The molecule has 0 saturated heterocycles. The van der Waals surface area contributed by atoms with E-state index in [9.17, 15) is 0 Å². The molecule has 140 valence electrons. The molecule has 0 spiro atoms. The van der Waals surface area contributed by atoms with E-state index in [0.717, 1.165) is 33.6 Å². The van der Waals surface area contributed by atoms with Crippen molar-refractivity contribution >= 4 is 22.9 Å². The highest BCUT2D eigenvalue weighted by Gasteiger charge is 2.42. The van der Waals surface area contributed by atoms with Gasteiger partial charge in [0.1, 0.15) is 5.76 Å². The molecule has 1 aliphatic heterocycles. The average molecular weight is 389 g/mol. The molecule has 0 aromatic heterocycles. The second-order valence-corrected chi connectivity index (χ2v) is 7.15. The van der Waals surface area contributed by atoms with Gasteiger partial charge in [0.15, 0.2) is 0 Å². The van der Waals surface area contributed by atoms with Crippen LogP contribution in [0.1, 0.15) is 23.6 Å². The Morgan fingerprint density at radius 2 is 1.39 bits per heavy atom. The van der Waals surface area contributed by atoms with Gasteiger partial charge in [-0.3, -0.25) is 0 Å². The van der Waals surface area contributed by atoms with Gasteiger partial charge in [-0.2, -0.15) is 0 Å². The predicted octanol–water partition coefficient (Wildman–Crippen LogP) is 6.68. The van der Waals surface area contributed by atoms with Crippen LogP contribution in [0.5, 0.6) is 0 Å². The van der Waals surface area contributed by atoms with Crippen LogP contribution in [0.15, 0.2) is 96.6 Å². The molecule has 0 bridgehead atoms. The standard InChI is InChI=1S/C25H21ClO2/c1-18-23(19-9-5-3-6-10-19)17-24(20-13-15-22(26)16-14-20)28-25(18,27-2)21-11-7-4-8-12-21/h3-17H,1-2H3. The van der Waals surface area contributed by atoms with Crippen LogP contribution >= 0.6 is 11.6 Å². The summed E-state index contributed by atoms with van der Waals surface area (Å²) in [7, 11) is 1.68. The van der Waals surface area contributed by atoms with E-state index >= 15 is 0 Å². The van der Waals surface area contributed by atoms with Crippen molar-refractivity contribution in [1.82, 2.24) is 0 Å². The van der Waals surface area contributed by atoms with E-state index in [4.69, 9.17) is 21.1 Å². The van der Waals surface area contributed by atoms with Gasteiger partial charge in [0, 0.05) is 28.8 Å². The van der Waals surface area contributed by atoms with Gasteiger partial charge in [0.05, 0.1) is 0 Å². The van der Waals surface area contributed by atoms with Crippen LogP contribution in [-0.4, -0.2) is 7.11 Å². The first-order valence-corrected chi connectivity index (χ1v) is 9.56. The summed E-state index contributed by atoms with van der Waals surface area (Å²) in [6.07, 6.45) is 2.08. The number of hydrogen-bond donors (Lipinski definition) is 0. The number of allylic oxidation sites excluding steroid dienone is 2. The molecule has 3 aromatic carbocycles. The maximum Gasteiger partial charge on any atom is 0.260 e. The number of hydrogen-bond acceptors (Lipinski definition) is 2. The molecular weight excluding hydrogens is 368 g/mol. The van der Waals surface area contributed by atoms with Crippen LogP contribution in [0.4, 0.5) is 0 Å². The minimum absolute atomic E-state index is 0.691. The maximum atomic E-state index is 6.54. The Morgan fingerprint density at radius 3 is 2.00 bits per heavy atom. The maximum absolute atomic E-state index is 6.54. The van der Waals surface area contributed by atoms with Gasteiger partial charge in [-0.05, 0) is 48.4 Å². The Hall–Kier alpha value is -2.81. The fraction of sp³-hybridized carbons (Fsp3) is 0.120. The first-order valence-electron chi connectivity index (χ1n) is 9.18. The van der Waals surface area contributed by atoms with Crippen molar-refractivity contribution in [2.75, 3.05) is 7.11 Å². The molecule has 0 saturated carbocycles. The zero-order valence-corrected chi connectivity index (χ0v) is 16.6. The summed E-state index contributed by atoms with van der Waals surface area (Å²) in [4.78, 5) is 0. The molecule has 1 unspecified atom stereocenters. The van der Waals surface area contributed by atoms with E-state index in [1.165, 1.54) is 0 Å². The summed E-state index contributed by atoms with van der Waals surface area (Å²) in [6, 6.07) is 28.0. The zero-order chi connectivity index (χ0) is 19.6. The fourth-order valence-corrected chi connectivity index (χ4v) is 3.72. The summed E-state index contributed by atoms with van der Waals surface area (Å²) in [6.45, 7) is 2.06. The van der Waals surface area contributed by atoms with E-state index in [2.05, 4.69) is 25.1 Å². The van der Waals surface area contributed by atoms with E-state index in [1.807, 2.05) is 72.8 Å². The first kappa shape index (κ1) is 18.5. The summed E-state index contributed by atoms with van der Waals surface area (Å²) in [5.41, 5.74) is 5.10. The third kappa shape index (κ3) is 3.26. The molecule has 0 aliphatic carbocycles. The van der Waals surface area contributed by atoms with Gasteiger partial charge < -0.3 is 9.47 Å². The molecule has 0 fully saturated rings. The molecule has 0 radical (unpaired) electrons. The molecule has 2 nitrogen and oxygen atoms in total. The topological polar surface area (TPSA) is 18.5 Å². The molecule has 4 rings (SSSR count). The van der Waals surface area contributed by atoms with Crippen LogP contribution in [0.25, 0.3) is 11.3 Å². The van der Waals surface area contributed by atoms with Crippen LogP contribution in [0.2, 0.25) is 5.02 Å². The molecule has 1 aliphatic rings. The smallest absolute Gasteiger partial charge is 0.260 e. The van der Waals surface area contributed by atoms with E-state index in [0.29, 0.717) is 5.02 Å². The average Bonchev–Trinajstić information content (AvgIpc) is 2.76. The van der Waals surface area contributed by atoms with Crippen LogP contribution in [0.3, 0.4) is 0 Å².